The van der Waals surface area contributed by atoms with Gasteiger partial charge in [0.25, 0.3) is 15.9 Å². The number of fused-ring (bicyclic) bond motifs is 1. The molecule has 9 heteroatoms. The van der Waals surface area contributed by atoms with Crippen molar-refractivity contribution in [2.45, 2.75) is 37.4 Å². The smallest absolute Gasteiger partial charge is 0.262 e. The number of likely N-dealkylation sites (N-methyl/N-ethyl adjacent to an activating group) is 1. The van der Waals surface area contributed by atoms with E-state index < -0.39 is 16.1 Å². The van der Waals surface area contributed by atoms with E-state index in [1.165, 1.54) is 12.1 Å². The number of hydrogen-bond acceptors (Lipinski definition) is 6. The summed E-state index contributed by atoms with van der Waals surface area (Å²) in [5, 5.41) is 9.89. The Morgan fingerprint density at radius 3 is 2.37 bits per heavy atom. The van der Waals surface area contributed by atoms with Crippen LogP contribution in [-0.2, 0) is 16.6 Å². The van der Waals surface area contributed by atoms with Crippen LogP contribution in [0.1, 0.15) is 29.8 Å². The number of nitrogens with one attached hydrogen (secondary N) is 1. The van der Waals surface area contributed by atoms with Crippen molar-refractivity contribution in [2.24, 2.45) is 5.92 Å². The summed E-state index contributed by atoms with van der Waals surface area (Å²) in [7, 11) is -1.91. The molecule has 1 aliphatic rings. The number of hydrogen-bond donors (Lipinski definition) is 2. The van der Waals surface area contributed by atoms with Gasteiger partial charge in [0.05, 0.1) is 28.8 Å². The van der Waals surface area contributed by atoms with Gasteiger partial charge in [-0.25, -0.2) is 8.42 Å². The summed E-state index contributed by atoms with van der Waals surface area (Å²) in [6, 6.07) is 22.6. The summed E-state index contributed by atoms with van der Waals surface area (Å²) in [6.45, 7) is 5.26. The number of sulfonamides is 1. The molecule has 0 unspecified atom stereocenters. The Labute approximate surface area is 224 Å². The first kappa shape index (κ1) is 27.6. The fourth-order valence-electron chi connectivity index (χ4n) is 4.61. The quantitative estimate of drug-likeness (QED) is 0.430. The first-order valence-electron chi connectivity index (χ1n) is 12.7. The second-order valence-corrected chi connectivity index (χ2v) is 11.6. The molecule has 0 spiro atoms. The minimum atomic E-state index is -3.92. The van der Waals surface area contributed by atoms with Crippen molar-refractivity contribution >= 4 is 21.6 Å². The van der Waals surface area contributed by atoms with Crippen LogP contribution in [0.2, 0.25) is 0 Å². The maximum Gasteiger partial charge on any atom is 0.262 e. The summed E-state index contributed by atoms with van der Waals surface area (Å²) in [6.07, 6.45) is -0.355. The Hall–Kier alpha value is -3.40. The number of para-hydroxylation sites is 1. The number of benzene rings is 3. The third kappa shape index (κ3) is 6.35. The SMILES string of the molecule is C[C@@H]1CN([C@@H](C)CO)C(=O)c2cccc(NS(=O)(=O)c3ccccc3)c2O[C@@H]1CN(C)Cc1ccccc1. The predicted molar refractivity (Wildman–Crippen MR) is 148 cm³/mol. The molecule has 0 fully saturated rings. The van der Waals surface area contributed by atoms with Crippen LogP contribution < -0.4 is 9.46 Å². The van der Waals surface area contributed by atoms with E-state index in [-0.39, 0.29) is 46.4 Å². The molecule has 4 rings (SSSR count). The molecule has 2 N–H and O–H groups in total. The van der Waals surface area contributed by atoms with Gasteiger partial charge < -0.3 is 14.7 Å². The molecule has 0 aromatic heterocycles. The number of rotatable bonds is 9. The Morgan fingerprint density at radius 1 is 1.05 bits per heavy atom. The molecular formula is C29H35N3O5S. The lowest BCUT2D eigenvalue weighted by atomic mass is 9.99. The molecule has 38 heavy (non-hydrogen) atoms. The van der Waals surface area contributed by atoms with Crippen molar-refractivity contribution in [1.82, 2.24) is 9.80 Å². The van der Waals surface area contributed by atoms with E-state index in [0.717, 1.165) is 5.56 Å². The molecular weight excluding hydrogens is 502 g/mol. The zero-order valence-electron chi connectivity index (χ0n) is 21.9. The average molecular weight is 538 g/mol. The van der Waals surface area contributed by atoms with E-state index in [2.05, 4.69) is 21.8 Å². The van der Waals surface area contributed by atoms with Crippen molar-refractivity contribution in [2.75, 3.05) is 31.5 Å². The predicted octanol–water partition coefficient (Wildman–Crippen LogP) is 3.84. The molecule has 202 valence electrons. The Kier molecular flexibility index (Phi) is 8.71. The van der Waals surface area contributed by atoms with Gasteiger partial charge in [0, 0.05) is 25.6 Å². The summed E-state index contributed by atoms with van der Waals surface area (Å²) in [5.41, 5.74) is 1.61. The number of nitrogens with zero attached hydrogens (tertiary/aromatic N) is 2. The van der Waals surface area contributed by atoms with Gasteiger partial charge in [0.15, 0.2) is 5.75 Å². The van der Waals surface area contributed by atoms with Crippen molar-refractivity contribution in [3.05, 3.63) is 90.0 Å². The highest BCUT2D eigenvalue weighted by Gasteiger charge is 2.35. The normalized spacial score (nSPS) is 18.8. The molecule has 1 aliphatic heterocycles. The van der Waals surface area contributed by atoms with Crippen LogP contribution in [0.25, 0.3) is 0 Å². The van der Waals surface area contributed by atoms with Crippen molar-refractivity contribution in [1.29, 1.82) is 0 Å². The zero-order chi connectivity index (χ0) is 27.3. The van der Waals surface area contributed by atoms with Crippen molar-refractivity contribution in [3.63, 3.8) is 0 Å². The summed E-state index contributed by atoms with van der Waals surface area (Å²) >= 11 is 0. The van der Waals surface area contributed by atoms with E-state index in [4.69, 9.17) is 4.74 Å². The summed E-state index contributed by atoms with van der Waals surface area (Å²) in [4.78, 5) is 17.5. The van der Waals surface area contributed by atoms with E-state index in [9.17, 15) is 18.3 Å². The van der Waals surface area contributed by atoms with E-state index >= 15 is 0 Å². The molecule has 8 nitrogen and oxygen atoms in total. The molecule has 0 aliphatic carbocycles. The molecule has 0 saturated heterocycles. The third-order valence-electron chi connectivity index (χ3n) is 6.78. The van der Waals surface area contributed by atoms with Gasteiger partial charge in [-0.2, -0.15) is 0 Å². The molecule has 3 atom stereocenters. The van der Waals surface area contributed by atoms with E-state index in [1.54, 1.807) is 48.2 Å². The highest BCUT2D eigenvalue weighted by molar-refractivity contribution is 7.92. The number of ether oxygens (including phenoxy) is 1. The van der Waals surface area contributed by atoms with Gasteiger partial charge in [0.1, 0.15) is 6.10 Å². The Balaban J connectivity index is 1.71. The monoisotopic (exact) mass is 537 g/mol. The van der Waals surface area contributed by atoms with Gasteiger partial charge >= 0.3 is 0 Å². The highest BCUT2D eigenvalue weighted by Crippen LogP contribution is 2.36. The standard InChI is InChI=1S/C29H35N3O5S/c1-21-17-32(22(2)20-33)29(34)25-15-10-16-26(30-38(35,36)24-13-8-5-9-14-24)28(25)37-27(21)19-31(3)18-23-11-6-4-7-12-23/h4-16,21-22,27,30,33H,17-20H2,1-3H3/t21-,22+,27-/m1/s1. The number of aliphatic hydroxyl groups excluding tert-OH is 1. The second kappa shape index (κ2) is 12.0. The van der Waals surface area contributed by atoms with Crippen LogP contribution in [0, 0.1) is 5.92 Å². The van der Waals surface area contributed by atoms with Gasteiger partial charge in [-0.1, -0.05) is 61.5 Å². The fraction of sp³-hybridized carbons (Fsp3) is 0.345. The van der Waals surface area contributed by atoms with Crippen LogP contribution in [0.4, 0.5) is 5.69 Å². The van der Waals surface area contributed by atoms with Crippen LogP contribution in [-0.4, -0.2) is 68.1 Å². The lowest BCUT2D eigenvalue weighted by Crippen LogP contribution is -2.49. The Morgan fingerprint density at radius 2 is 1.71 bits per heavy atom. The number of carbonyl (C=O) groups is 1. The molecule has 1 amide bonds. The second-order valence-electron chi connectivity index (χ2n) is 9.91. The maximum absolute atomic E-state index is 13.6. The molecule has 3 aromatic rings. The van der Waals surface area contributed by atoms with Gasteiger partial charge in [0.2, 0.25) is 0 Å². The minimum absolute atomic E-state index is 0.0990. The maximum atomic E-state index is 13.6. The van der Waals surface area contributed by atoms with Crippen LogP contribution in [0.15, 0.2) is 83.8 Å². The van der Waals surface area contributed by atoms with Gasteiger partial charge in [-0.15, -0.1) is 0 Å². The molecule has 0 saturated carbocycles. The Bertz CT molecular complexity index is 1330. The summed E-state index contributed by atoms with van der Waals surface area (Å²) in [5.74, 6) is -0.222. The van der Waals surface area contributed by atoms with Gasteiger partial charge in [-0.3, -0.25) is 14.4 Å². The van der Waals surface area contributed by atoms with Crippen molar-refractivity contribution in [3.8, 4) is 5.75 Å². The van der Waals surface area contributed by atoms with Crippen LogP contribution in [0.3, 0.4) is 0 Å². The topological polar surface area (TPSA) is 99.2 Å². The molecule has 0 bridgehead atoms. The van der Waals surface area contributed by atoms with E-state index in [0.29, 0.717) is 19.6 Å². The summed E-state index contributed by atoms with van der Waals surface area (Å²) < 4.78 is 35.5. The zero-order valence-corrected chi connectivity index (χ0v) is 22.8. The largest absolute Gasteiger partial charge is 0.486 e. The molecule has 1 heterocycles. The number of carbonyl (C=O) groups excluding carboxylic acids is 1. The van der Waals surface area contributed by atoms with Crippen LogP contribution in [0.5, 0.6) is 5.75 Å². The molecule has 3 aromatic carbocycles. The van der Waals surface area contributed by atoms with Gasteiger partial charge in [-0.05, 0) is 43.8 Å². The lowest BCUT2D eigenvalue weighted by molar-refractivity contribution is 0.0344. The fourth-order valence-corrected chi connectivity index (χ4v) is 5.70. The lowest BCUT2D eigenvalue weighted by Gasteiger charge is -2.38. The van der Waals surface area contributed by atoms with E-state index in [1.807, 2.05) is 32.2 Å². The molecule has 0 radical (unpaired) electrons. The van der Waals surface area contributed by atoms with Crippen LogP contribution >= 0.6 is 0 Å². The average Bonchev–Trinajstić information content (AvgIpc) is 2.91. The number of anilines is 1. The van der Waals surface area contributed by atoms with Crippen molar-refractivity contribution < 1.29 is 23.1 Å². The number of amides is 1. The first-order valence-corrected chi connectivity index (χ1v) is 14.2. The highest BCUT2D eigenvalue weighted by atomic mass is 32.2. The number of aliphatic hydroxyl groups is 1. The third-order valence-corrected chi connectivity index (χ3v) is 8.16. The minimum Gasteiger partial charge on any atom is -0.486 e. The first-order chi connectivity index (χ1) is 18.2.